The van der Waals surface area contributed by atoms with Gasteiger partial charge in [0, 0.05) is 12.6 Å². The predicted molar refractivity (Wildman–Crippen MR) is 46.2 cm³/mol. The second kappa shape index (κ2) is 3.71. The van der Waals surface area contributed by atoms with E-state index in [1.54, 1.807) is 0 Å². The van der Waals surface area contributed by atoms with Gasteiger partial charge < -0.3 is 10.4 Å². The Morgan fingerprint density at radius 1 is 1.15 bits per heavy atom. The second-order valence-electron chi connectivity index (χ2n) is 2.39. The van der Waals surface area contributed by atoms with E-state index < -0.39 is 5.97 Å². The summed E-state index contributed by atoms with van der Waals surface area (Å²) in [6.07, 6.45) is 0. The number of carbonyl (C=O) groups excluding carboxylic acids is 1. The summed E-state index contributed by atoms with van der Waals surface area (Å²) in [5, 5.41) is 10.8. The van der Waals surface area contributed by atoms with Gasteiger partial charge in [0.15, 0.2) is 0 Å². The van der Waals surface area contributed by atoms with Gasteiger partial charge in [-0.25, -0.2) is 4.79 Å². The van der Waals surface area contributed by atoms with E-state index in [0.717, 1.165) is 0 Å². The van der Waals surface area contributed by atoms with Crippen LogP contribution in [-0.2, 0) is 0 Å². The number of aromatic carboxylic acids is 1. The third-order valence-electron chi connectivity index (χ3n) is 1.55. The maximum absolute atomic E-state index is 11.0. The lowest BCUT2D eigenvalue weighted by molar-refractivity contribution is 0.0696. The Balaban J connectivity index is 2.93. The van der Waals surface area contributed by atoms with Crippen LogP contribution in [0.3, 0.4) is 0 Å². The zero-order chi connectivity index (χ0) is 9.84. The van der Waals surface area contributed by atoms with Crippen molar-refractivity contribution in [1.29, 1.82) is 0 Å². The Morgan fingerprint density at radius 3 is 2.00 bits per heavy atom. The number of hydrogen-bond acceptors (Lipinski definition) is 2. The molecule has 13 heavy (non-hydrogen) atoms. The van der Waals surface area contributed by atoms with Crippen molar-refractivity contribution in [2.24, 2.45) is 0 Å². The number of hydrogen-bond donors (Lipinski definition) is 2. The van der Waals surface area contributed by atoms with Crippen molar-refractivity contribution in [3.63, 3.8) is 0 Å². The van der Waals surface area contributed by atoms with Crippen LogP contribution < -0.4 is 5.32 Å². The second-order valence-corrected chi connectivity index (χ2v) is 2.39. The van der Waals surface area contributed by atoms with E-state index in [4.69, 9.17) is 5.11 Å². The van der Waals surface area contributed by atoms with Crippen molar-refractivity contribution < 1.29 is 14.7 Å². The van der Waals surface area contributed by atoms with Crippen LogP contribution in [0.15, 0.2) is 24.3 Å². The molecule has 0 aliphatic carbocycles. The van der Waals surface area contributed by atoms with E-state index in [0.29, 0.717) is 5.56 Å². The summed E-state index contributed by atoms with van der Waals surface area (Å²) in [7, 11) is 3.20. The van der Waals surface area contributed by atoms with Crippen LogP contribution in [0.25, 0.3) is 0 Å². The third kappa shape index (κ3) is 2.05. The molecule has 0 bridgehead atoms. The number of carbonyl (C=O) groups is 2. The van der Waals surface area contributed by atoms with Gasteiger partial charge in [-0.15, -0.1) is 0 Å². The van der Waals surface area contributed by atoms with Crippen LogP contribution in [0.2, 0.25) is 0 Å². The Morgan fingerprint density at radius 2 is 1.62 bits per heavy atom. The number of carboxylic acid groups (broad SMARTS) is 1. The van der Waals surface area contributed by atoms with Gasteiger partial charge in [-0.3, -0.25) is 4.79 Å². The molecule has 0 saturated heterocycles. The van der Waals surface area contributed by atoms with Gasteiger partial charge in [0.1, 0.15) is 0 Å². The number of nitrogens with one attached hydrogen (secondary N) is 1. The number of rotatable bonds is 2. The van der Waals surface area contributed by atoms with Gasteiger partial charge in [0.2, 0.25) is 0 Å². The molecule has 4 heteroatoms. The van der Waals surface area contributed by atoms with Gasteiger partial charge in [0.05, 0.1) is 5.56 Å². The first-order valence-electron chi connectivity index (χ1n) is 3.56. The van der Waals surface area contributed by atoms with Crippen LogP contribution in [0.1, 0.15) is 20.7 Å². The summed E-state index contributed by atoms with van der Waals surface area (Å²) >= 11 is 0. The average molecular weight is 178 g/mol. The van der Waals surface area contributed by atoms with Gasteiger partial charge >= 0.3 is 5.97 Å². The molecule has 0 atom stereocenters. The van der Waals surface area contributed by atoms with Crippen molar-refractivity contribution >= 4 is 11.9 Å². The van der Waals surface area contributed by atoms with E-state index in [1.165, 1.54) is 24.3 Å². The first kappa shape index (κ1) is 9.25. The molecule has 0 heterocycles. The first-order chi connectivity index (χ1) is 6.15. The van der Waals surface area contributed by atoms with Crippen LogP contribution >= 0.6 is 0 Å². The van der Waals surface area contributed by atoms with Gasteiger partial charge in [0.25, 0.3) is 5.91 Å². The van der Waals surface area contributed by atoms with Gasteiger partial charge in [-0.2, -0.15) is 0 Å². The van der Waals surface area contributed by atoms with E-state index >= 15 is 0 Å². The molecule has 0 fully saturated rings. The molecule has 1 aromatic rings. The fraction of sp³-hybridized carbons (Fsp3) is 0. The Bertz CT molecular complexity index is 329. The maximum Gasteiger partial charge on any atom is 0.335 e. The smallest absolute Gasteiger partial charge is 0.335 e. The van der Waals surface area contributed by atoms with E-state index in [9.17, 15) is 9.59 Å². The lowest BCUT2D eigenvalue weighted by Gasteiger charge is -1.99. The maximum atomic E-state index is 11.0. The minimum Gasteiger partial charge on any atom is -0.478 e. The predicted octanol–water partition coefficient (Wildman–Crippen LogP) is 0.906. The van der Waals surface area contributed by atoms with Gasteiger partial charge in [-0.05, 0) is 24.3 Å². The highest BCUT2D eigenvalue weighted by molar-refractivity contribution is 5.95. The van der Waals surface area contributed by atoms with Crippen molar-refractivity contribution in [2.45, 2.75) is 0 Å². The summed E-state index contributed by atoms with van der Waals surface area (Å²) in [6.45, 7) is 0. The van der Waals surface area contributed by atoms with Crippen LogP contribution in [-0.4, -0.2) is 17.0 Å². The van der Waals surface area contributed by atoms with Crippen molar-refractivity contribution in [3.05, 3.63) is 42.4 Å². The molecule has 67 valence electrons. The van der Waals surface area contributed by atoms with Crippen molar-refractivity contribution in [1.82, 2.24) is 5.32 Å². The Kier molecular flexibility index (Phi) is 2.64. The molecule has 1 aromatic carbocycles. The summed E-state index contributed by atoms with van der Waals surface area (Å²) in [5.41, 5.74) is 0.542. The quantitative estimate of drug-likeness (QED) is 0.707. The number of benzene rings is 1. The van der Waals surface area contributed by atoms with E-state index in [1.807, 2.05) is 0 Å². The zero-order valence-corrected chi connectivity index (χ0v) is 6.78. The highest BCUT2D eigenvalue weighted by atomic mass is 16.4. The Hall–Kier alpha value is -1.84. The standard InChI is InChI=1S/C9H8NO3/c1-10-8(11)6-2-4-7(5-3-6)9(12)13/h2-5H,1H2,(H,10,11)(H,12,13). The minimum atomic E-state index is -1.01. The molecule has 0 aliphatic rings. The van der Waals surface area contributed by atoms with E-state index in [2.05, 4.69) is 12.4 Å². The summed E-state index contributed by atoms with van der Waals surface area (Å²) in [4.78, 5) is 21.4. The highest BCUT2D eigenvalue weighted by Crippen LogP contribution is 2.03. The average Bonchev–Trinajstić information content (AvgIpc) is 2.17. The molecule has 0 unspecified atom stereocenters. The molecule has 1 amide bonds. The fourth-order valence-corrected chi connectivity index (χ4v) is 0.866. The number of carboxylic acids is 1. The fourth-order valence-electron chi connectivity index (χ4n) is 0.866. The minimum absolute atomic E-state index is 0.153. The highest BCUT2D eigenvalue weighted by Gasteiger charge is 2.05. The lowest BCUT2D eigenvalue weighted by Crippen LogP contribution is -2.15. The molecule has 0 aliphatic heterocycles. The number of amides is 1. The molecule has 0 aromatic heterocycles. The SMILES string of the molecule is [CH2]NC(=O)c1ccc(C(=O)O)cc1. The molecular formula is C9H8NO3. The normalized spacial score (nSPS) is 9.31. The largest absolute Gasteiger partial charge is 0.478 e. The molecule has 4 nitrogen and oxygen atoms in total. The summed E-state index contributed by atoms with van der Waals surface area (Å²) < 4.78 is 0. The molecule has 0 spiro atoms. The molecule has 1 radical (unpaired) electrons. The van der Waals surface area contributed by atoms with Crippen molar-refractivity contribution in [3.8, 4) is 0 Å². The van der Waals surface area contributed by atoms with Crippen LogP contribution in [0, 0.1) is 7.05 Å². The lowest BCUT2D eigenvalue weighted by atomic mass is 10.1. The van der Waals surface area contributed by atoms with Crippen LogP contribution in [0.5, 0.6) is 0 Å². The topological polar surface area (TPSA) is 66.4 Å². The van der Waals surface area contributed by atoms with Crippen molar-refractivity contribution in [2.75, 3.05) is 0 Å². The first-order valence-corrected chi connectivity index (χ1v) is 3.56. The molecule has 2 N–H and O–H groups in total. The van der Waals surface area contributed by atoms with E-state index in [-0.39, 0.29) is 11.5 Å². The molecule has 1 rings (SSSR count). The third-order valence-corrected chi connectivity index (χ3v) is 1.55. The molecular weight excluding hydrogens is 170 g/mol. The monoisotopic (exact) mass is 178 g/mol. The van der Waals surface area contributed by atoms with Crippen LogP contribution in [0.4, 0.5) is 0 Å². The molecule has 0 saturated carbocycles. The summed E-state index contributed by atoms with van der Waals surface area (Å²) in [5.74, 6) is -1.35. The summed E-state index contributed by atoms with van der Waals surface area (Å²) in [6, 6.07) is 5.60. The van der Waals surface area contributed by atoms with Gasteiger partial charge in [-0.1, -0.05) is 0 Å². The Labute approximate surface area is 75.2 Å². The zero-order valence-electron chi connectivity index (χ0n) is 6.78.